The van der Waals surface area contributed by atoms with E-state index in [1.54, 1.807) is 29.6 Å². The molecule has 0 N–H and O–H groups in total. The summed E-state index contributed by atoms with van der Waals surface area (Å²) < 4.78 is 1.64. The average molecular weight is 382 g/mol. The molecule has 140 valence electrons. The Morgan fingerprint density at radius 1 is 1.11 bits per heavy atom. The highest BCUT2D eigenvalue weighted by Crippen LogP contribution is 2.27. The first-order chi connectivity index (χ1) is 12.9. The lowest BCUT2D eigenvalue weighted by atomic mass is 10.0. The van der Waals surface area contributed by atoms with E-state index >= 15 is 0 Å². The Bertz CT molecular complexity index is 1040. The van der Waals surface area contributed by atoms with E-state index in [1.807, 2.05) is 42.5 Å². The van der Waals surface area contributed by atoms with Crippen LogP contribution < -0.4 is 5.56 Å². The SMILES string of the molecule is CC(C)c1ccccc1-n1c(SCC(=O)N(C)C)nc2ccccc2c1=O. The highest BCUT2D eigenvalue weighted by atomic mass is 32.2. The van der Waals surface area contributed by atoms with Crippen molar-refractivity contribution in [1.29, 1.82) is 0 Å². The Labute approximate surface area is 163 Å². The maximum absolute atomic E-state index is 13.3. The third-order valence-electron chi connectivity index (χ3n) is 4.37. The number of carbonyl (C=O) groups is 1. The van der Waals surface area contributed by atoms with Gasteiger partial charge < -0.3 is 4.90 Å². The van der Waals surface area contributed by atoms with E-state index < -0.39 is 0 Å². The number of aromatic nitrogens is 2. The molecule has 1 heterocycles. The maximum atomic E-state index is 13.3. The van der Waals surface area contributed by atoms with Gasteiger partial charge in [-0.3, -0.25) is 14.2 Å². The number of fused-ring (bicyclic) bond motifs is 1. The molecule has 6 heteroatoms. The first kappa shape index (κ1) is 19.2. The highest BCUT2D eigenvalue weighted by Gasteiger charge is 2.18. The fourth-order valence-electron chi connectivity index (χ4n) is 2.86. The van der Waals surface area contributed by atoms with Crippen LogP contribution in [0, 0.1) is 0 Å². The van der Waals surface area contributed by atoms with Crippen LogP contribution in [0.2, 0.25) is 0 Å². The van der Waals surface area contributed by atoms with Crippen molar-refractivity contribution >= 4 is 28.6 Å². The lowest BCUT2D eigenvalue weighted by molar-refractivity contribution is -0.125. The molecule has 5 nitrogen and oxygen atoms in total. The minimum atomic E-state index is -0.117. The Morgan fingerprint density at radius 2 is 1.78 bits per heavy atom. The van der Waals surface area contributed by atoms with Crippen LogP contribution in [0.25, 0.3) is 16.6 Å². The summed E-state index contributed by atoms with van der Waals surface area (Å²) in [5.74, 6) is 0.452. The van der Waals surface area contributed by atoms with Crippen molar-refractivity contribution < 1.29 is 4.79 Å². The van der Waals surface area contributed by atoms with Crippen LogP contribution in [-0.4, -0.2) is 40.2 Å². The van der Waals surface area contributed by atoms with Crippen molar-refractivity contribution in [3.05, 3.63) is 64.4 Å². The van der Waals surface area contributed by atoms with Gasteiger partial charge in [0.05, 0.1) is 22.3 Å². The van der Waals surface area contributed by atoms with E-state index in [4.69, 9.17) is 4.98 Å². The summed E-state index contributed by atoms with van der Waals surface area (Å²) in [5.41, 5.74) is 2.40. The number of para-hydroxylation sites is 2. The summed E-state index contributed by atoms with van der Waals surface area (Å²) >= 11 is 1.29. The van der Waals surface area contributed by atoms with Crippen LogP contribution in [0.15, 0.2) is 58.5 Å². The molecule has 0 unspecified atom stereocenters. The second kappa shape index (κ2) is 7.96. The molecule has 0 saturated carbocycles. The van der Waals surface area contributed by atoms with Crippen LogP contribution in [0.3, 0.4) is 0 Å². The third kappa shape index (κ3) is 3.90. The summed E-state index contributed by atoms with van der Waals surface area (Å²) in [6.45, 7) is 4.20. The summed E-state index contributed by atoms with van der Waals surface area (Å²) in [4.78, 5) is 31.6. The van der Waals surface area contributed by atoms with Gasteiger partial charge >= 0.3 is 0 Å². The van der Waals surface area contributed by atoms with Gasteiger partial charge in [-0.2, -0.15) is 0 Å². The molecule has 2 aromatic carbocycles. The molecule has 3 aromatic rings. The summed E-state index contributed by atoms with van der Waals surface area (Å²) in [6, 6.07) is 15.2. The van der Waals surface area contributed by atoms with Gasteiger partial charge in [0.15, 0.2) is 5.16 Å². The summed E-state index contributed by atoms with van der Waals surface area (Å²) in [5, 5.41) is 1.10. The molecule has 0 aliphatic rings. The van der Waals surface area contributed by atoms with Gasteiger partial charge in [-0.25, -0.2) is 4.98 Å². The minimum Gasteiger partial charge on any atom is -0.348 e. The van der Waals surface area contributed by atoms with Crippen molar-refractivity contribution in [3.63, 3.8) is 0 Å². The first-order valence-electron chi connectivity index (χ1n) is 8.84. The highest BCUT2D eigenvalue weighted by molar-refractivity contribution is 7.99. The summed E-state index contributed by atoms with van der Waals surface area (Å²) in [6.07, 6.45) is 0. The number of benzene rings is 2. The minimum absolute atomic E-state index is 0.0221. The van der Waals surface area contributed by atoms with E-state index in [2.05, 4.69) is 13.8 Å². The lowest BCUT2D eigenvalue weighted by Crippen LogP contribution is -2.26. The Hall–Kier alpha value is -2.60. The van der Waals surface area contributed by atoms with Crippen LogP contribution >= 0.6 is 11.8 Å². The average Bonchev–Trinajstić information content (AvgIpc) is 2.66. The Balaban J connectivity index is 2.23. The van der Waals surface area contributed by atoms with Gasteiger partial charge in [0.25, 0.3) is 5.56 Å². The smallest absolute Gasteiger partial charge is 0.266 e. The van der Waals surface area contributed by atoms with Gasteiger partial charge in [-0.15, -0.1) is 0 Å². The number of hydrogen-bond donors (Lipinski definition) is 0. The molecule has 3 rings (SSSR count). The number of thioether (sulfide) groups is 1. The van der Waals surface area contributed by atoms with E-state index in [1.165, 1.54) is 11.8 Å². The van der Waals surface area contributed by atoms with E-state index in [9.17, 15) is 9.59 Å². The zero-order valence-electron chi connectivity index (χ0n) is 16.0. The van der Waals surface area contributed by atoms with Crippen molar-refractivity contribution in [2.75, 3.05) is 19.8 Å². The topological polar surface area (TPSA) is 55.2 Å². The zero-order valence-corrected chi connectivity index (χ0v) is 16.8. The number of rotatable bonds is 5. The van der Waals surface area contributed by atoms with Gasteiger partial charge in [0.2, 0.25) is 5.91 Å². The predicted octanol–water partition coefficient (Wildman–Crippen LogP) is 3.69. The largest absolute Gasteiger partial charge is 0.348 e. The number of amides is 1. The van der Waals surface area contributed by atoms with Gasteiger partial charge in [0, 0.05) is 14.1 Å². The summed E-state index contributed by atoms with van der Waals surface area (Å²) in [7, 11) is 3.44. The Kier molecular flexibility index (Phi) is 5.65. The molecule has 1 amide bonds. The molecule has 0 radical (unpaired) electrons. The predicted molar refractivity (Wildman–Crippen MR) is 111 cm³/mol. The van der Waals surface area contributed by atoms with E-state index in [-0.39, 0.29) is 23.1 Å². The molecule has 0 aliphatic carbocycles. The van der Waals surface area contributed by atoms with E-state index in [0.717, 1.165) is 11.3 Å². The molecule has 0 bridgehead atoms. The van der Waals surface area contributed by atoms with E-state index in [0.29, 0.717) is 16.1 Å². The molecular formula is C21H23N3O2S. The van der Waals surface area contributed by atoms with Gasteiger partial charge in [0.1, 0.15) is 0 Å². The molecular weight excluding hydrogens is 358 g/mol. The number of nitrogens with zero attached hydrogens (tertiary/aromatic N) is 3. The van der Waals surface area contributed by atoms with Crippen molar-refractivity contribution in [1.82, 2.24) is 14.5 Å². The fourth-order valence-corrected chi connectivity index (χ4v) is 3.84. The quantitative estimate of drug-likeness (QED) is 0.500. The van der Waals surface area contributed by atoms with Crippen LogP contribution in [0.1, 0.15) is 25.3 Å². The van der Waals surface area contributed by atoms with Crippen LogP contribution in [0.5, 0.6) is 0 Å². The standard InChI is InChI=1S/C21H23N3O2S/c1-14(2)15-9-6-8-12-18(15)24-20(26)16-10-5-7-11-17(16)22-21(24)27-13-19(25)23(3)4/h5-12,14H,13H2,1-4H3. The zero-order chi connectivity index (χ0) is 19.6. The lowest BCUT2D eigenvalue weighted by Gasteiger charge is -2.18. The second-order valence-corrected chi connectivity index (χ2v) is 7.78. The molecule has 0 spiro atoms. The number of hydrogen-bond acceptors (Lipinski definition) is 4. The number of carbonyl (C=O) groups excluding carboxylic acids is 1. The normalized spacial score (nSPS) is 11.1. The van der Waals surface area contributed by atoms with Crippen molar-refractivity contribution in [3.8, 4) is 5.69 Å². The second-order valence-electron chi connectivity index (χ2n) is 6.84. The first-order valence-corrected chi connectivity index (χ1v) is 9.82. The van der Waals surface area contributed by atoms with Crippen molar-refractivity contribution in [2.45, 2.75) is 24.9 Å². The third-order valence-corrected chi connectivity index (χ3v) is 5.29. The van der Waals surface area contributed by atoms with Crippen LogP contribution in [-0.2, 0) is 4.79 Å². The maximum Gasteiger partial charge on any atom is 0.266 e. The van der Waals surface area contributed by atoms with Crippen LogP contribution in [0.4, 0.5) is 0 Å². The molecule has 27 heavy (non-hydrogen) atoms. The van der Waals surface area contributed by atoms with Crippen molar-refractivity contribution in [2.24, 2.45) is 0 Å². The fraction of sp³-hybridized carbons (Fsp3) is 0.286. The van der Waals surface area contributed by atoms with Gasteiger partial charge in [-0.05, 0) is 29.7 Å². The molecule has 0 saturated heterocycles. The molecule has 0 aliphatic heterocycles. The molecule has 0 atom stereocenters. The van der Waals surface area contributed by atoms with Gasteiger partial charge in [-0.1, -0.05) is 55.9 Å². The molecule has 1 aromatic heterocycles. The monoisotopic (exact) mass is 381 g/mol. The Morgan fingerprint density at radius 3 is 2.48 bits per heavy atom. The molecule has 0 fully saturated rings.